The molecular weight excluding hydrogens is 384 g/mol. The third-order valence-corrected chi connectivity index (χ3v) is 7.12. The average Bonchev–Trinajstić information content (AvgIpc) is 2.88. The van der Waals surface area contributed by atoms with E-state index in [0.29, 0.717) is 0 Å². The van der Waals surface area contributed by atoms with E-state index >= 15 is 0 Å². The van der Waals surface area contributed by atoms with Crippen molar-refractivity contribution in [1.29, 1.82) is 0 Å². The summed E-state index contributed by atoms with van der Waals surface area (Å²) in [6.07, 6.45) is 0. The number of fused-ring (bicyclic) bond motifs is 1. The van der Waals surface area contributed by atoms with Crippen LogP contribution in [0, 0.1) is 0 Å². The molecule has 0 radical (unpaired) electrons. The lowest BCUT2D eigenvalue weighted by Crippen LogP contribution is -2.61. The SMILES string of the molecule is c1ccc(C2(c3ccccc3)c3ccccc3C2(c2ccccc2)c2ccccc2)cc1. The predicted molar refractivity (Wildman–Crippen MR) is 132 cm³/mol. The Morgan fingerprint density at radius 1 is 0.250 bits per heavy atom. The van der Waals surface area contributed by atoms with E-state index in [0.717, 1.165) is 0 Å². The molecule has 0 fully saturated rings. The summed E-state index contributed by atoms with van der Waals surface area (Å²) in [6, 6.07) is 53.1. The molecule has 0 atom stereocenters. The van der Waals surface area contributed by atoms with Gasteiger partial charge in [-0.25, -0.2) is 0 Å². The lowest BCUT2D eigenvalue weighted by Gasteiger charge is -2.62. The molecule has 5 aromatic carbocycles. The van der Waals surface area contributed by atoms with Gasteiger partial charge in [0.15, 0.2) is 0 Å². The van der Waals surface area contributed by atoms with E-state index in [1.54, 1.807) is 0 Å². The van der Waals surface area contributed by atoms with E-state index in [9.17, 15) is 0 Å². The van der Waals surface area contributed by atoms with Gasteiger partial charge in [0.25, 0.3) is 0 Å². The summed E-state index contributed by atoms with van der Waals surface area (Å²) in [7, 11) is 0. The molecular formula is C32H24. The highest BCUT2D eigenvalue weighted by molar-refractivity contribution is 5.77. The van der Waals surface area contributed by atoms with Gasteiger partial charge in [-0.05, 0) is 33.4 Å². The number of rotatable bonds is 4. The fourth-order valence-corrected chi connectivity index (χ4v) is 6.05. The van der Waals surface area contributed by atoms with Crippen LogP contribution in [-0.4, -0.2) is 0 Å². The molecule has 0 amide bonds. The standard InChI is InChI=1S/C32H24/c1-5-15-25(16-6-1)31(26-17-7-2-8-18-26)29-23-13-14-24-30(29)32(31,27-19-9-3-10-20-27)28-21-11-4-12-22-28/h1-24H. The Labute approximate surface area is 189 Å². The highest BCUT2D eigenvalue weighted by Gasteiger charge is 2.65. The number of hydrogen-bond acceptors (Lipinski definition) is 0. The Balaban J connectivity index is 1.85. The molecule has 1 aliphatic rings. The molecule has 6 rings (SSSR count). The normalized spacial score (nSPS) is 15.4. The quantitative estimate of drug-likeness (QED) is 0.291. The topological polar surface area (TPSA) is 0 Å². The van der Waals surface area contributed by atoms with Gasteiger partial charge in [0.2, 0.25) is 0 Å². The zero-order chi connectivity index (χ0) is 21.4. The Bertz CT molecular complexity index is 1150. The van der Waals surface area contributed by atoms with Crippen LogP contribution in [0.25, 0.3) is 0 Å². The summed E-state index contributed by atoms with van der Waals surface area (Å²) < 4.78 is 0. The maximum atomic E-state index is 2.32. The lowest BCUT2D eigenvalue weighted by atomic mass is 9.38. The van der Waals surface area contributed by atoms with Crippen molar-refractivity contribution in [2.45, 2.75) is 10.8 Å². The zero-order valence-corrected chi connectivity index (χ0v) is 17.9. The number of hydrogen-bond donors (Lipinski definition) is 0. The fraction of sp³-hybridized carbons (Fsp3) is 0.0625. The summed E-state index contributed by atoms with van der Waals surface area (Å²) in [4.78, 5) is 0. The highest BCUT2D eigenvalue weighted by atomic mass is 14.7. The summed E-state index contributed by atoms with van der Waals surface area (Å²) in [5, 5.41) is 0. The molecule has 5 aromatic rings. The van der Waals surface area contributed by atoms with Gasteiger partial charge >= 0.3 is 0 Å². The Morgan fingerprint density at radius 3 is 0.719 bits per heavy atom. The van der Waals surface area contributed by atoms with Crippen molar-refractivity contribution in [3.8, 4) is 0 Å². The smallest absolute Gasteiger partial charge is 0.0622 e. The predicted octanol–water partition coefficient (Wildman–Crippen LogP) is 7.37. The molecule has 152 valence electrons. The number of benzene rings is 5. The average molecular weight is 409 g/mol. The largest absolute Gasteiger partial charge is 0.0632 e. The zero-order valence-electron chi connectivity index (χ0n) is 17.9. The van der Waals surface area contributed by atoms with Gasteiger partial charge in [-0.2, -0.15) is 0 Å². The minimum absolute atomic E-state index is 0.338. The first kappa shape index (κ1) is 18.8. The minimum Gasteiger partial charge on any atom is -0.0622 e. The molecule has 0 nitrogen and oxygen atoms in total. The van der Waals surface area contributed by atoms with Crippen molar-refractivity contribution in [3.05, 3.63) is 179 Å². The van der Waals surface area contributed by atoms with Crippen molar-refractivity contribution < 1.29 is 0 Å². The molecule has 0 aliphatic heterocycles. The first-order chi connectivity index (χ1) is 15.9. The van der Waals surface area contributed by atoms with E-state index < -0.39 is 0 Å². The van der Waals surface area contributed by atoms with Gasteiger partial charge in [0.05, 0.1) is 10.8 Å². The summed E-state index contributed by atoms with van der Waals surface area (Å²) in [6.45, 7) is 0. The lowest BCUT2D eigenvalue weighted by molar-refractivity contribution is 0.352. The molecule has 0 aromatic heterocycles. The van der Waals surface area contributed by atoms with Crippen molar-refractivity contribution in [1.82, 2.24) is 0 Å². The first-order valence-electron chi connectivity index (χ1n) is 11.2. The maximum absolute atomic E-state index is 2.32. The molecule has 32 heavy (non-hydrogen) atoms. The molecule has 0 heteroatoms. The van der Waals surface area contributed by atoms with Gasteiger partial charge < -0.3 is 0 Å². The summed E-state index contributed by atoms with van der Waals surface area (Å²) in [5.74, 6) is 0. The second kappa shape index (κ2) is 7.35. The van der Waals surface area contributed by atoms with Crippen LogP contribution in [0.5, 0.6) is 0 Å². The second-order valence-corrected chi connectivity index (χ2v) is 8.51. The summed E-state index contributed by atoms with van der Waals surface area (Å²) in [5.41, 5.74) is 7.35. The van der Waals surface area contributed by atoms with Crippen LogP contribution in [0.15, 0.2) is 146 Å². The van der Waals surface area contributed by atoms with Crippen molar-refractivity contribution in [2.24, 2.45) is 0 Å². The highest BCUT2D eigenvalue weighted by Crippen LogP contribution is 2.68. The van der Waals surface area contributed by atoms with Crippen molar-refractivity contribution >= 4 is 0 Å². The van der Waals surface area contributed by atoms with E-state index in [4.69, 9.17) is 0 Å². The van der Waals surface area contributed by atoms with E-state index in [2.05, 4.69) is 146 Å². The van der Waals surface area contributed by atoms with Crippen LogP contribution < -0.4 is 0 Å². The van der Waals surface area contributed by atoms with Crippen LogP contribution in [0.3, 0.4) is 0 Å². The van der Waals surface area contributed by atoms with Gasteiger partial charge in [-0.1, -0.05) is 146 Å². The molecule has 0 saturated carbocycles. The summed E-state index contributed by atoms with van der Waals surface area (Å²) >= 11 is 0. The van der Waals surface area contributed by atoms with Crippen LogP contribution in [-0.2, 0) is 10.8 Å². The molecule has 0 bridgehead atoms. The Hall–Kier alpha value is -3.90. The second-order valence-electron chi connectivity index (χ2n) is 8.51. The molecule has 0 saturated heterocycles. The van der Waals surface area contributed by atoms with Gasteiger partial charge in [0, 0.05) is 0 Å². The van der Waals surface area contributed by atoms with E-state index in [-0.39, 0.29) is 10.8 Å². The van der Waals surface area contributed by atoms with E-state index in [1.807, 2.05) is 0 Å². The molecule has 1 aliphatic carbocycles. The van der Waals surface area contributed by atoms with Crippen molar-refractivity contribution in [3.63, 3.8) is 0 Å². The maximum Gasteiger partial charge on any atom is 0.0632 e. The first-order valence-corrected chi connectivity index (χ1v) is 11.2. The third kappa shape index (κ3) is 2.32. The third-order valence-electron chi connectivity index (χ3n) is 7.12. The van der Waals surface area contributed by atoms with Gasteiger partial charge in [0.1, 0.15) is 0 Å². The van der Waals surface area contributed by atoms with Gasteiger partial charge in [-0.3, -0.25) is 0 Å². The molecule has 0 heterocycles. The molecule has 0 unspecified atom stereocenters. The van der Waals surface area contributed by atoms with Crippen LogP contribution in [0.4, 0.5) is 0 Å². The van der Waals surface area contributed by atoms with Crippen LogP contribution >= 0.6 is 0 Å². The fourth-order valence-electron chi connectivity index (χ4n) is 6.05. The molecule has 0 spiro atoms. The molecule has 0 N–H and O–H groups in total. The monoisotopic (exact) mass is 408 g/mol. The van der Waals surface area contributed by atoms with E-state index in [1.165, 1.54) is 33.4 Å². The van der Waals surface area contributed by atoms with Crippen molar-refractivity contribution in [2.75, 3.05) is 0 Å². The Kier molecular flexibility index (Phi) is 4.33. The van der Waals surface area contributed by atoms with Gasteiger partial charge in [-0.15, -0.1) is 0 Å². The van der Waals surface area contributed by atoms with Crippen LogP contribution in [0.2, 0.25) is 0 Å². The Morgan fingerprint density at radius 2 is 0.469 bits per heavy atom. The minimum atomic E-state index is -0.338. The van der Waals surface area contributed by atoms with Crippen LogP contribution in [0.1, 0.15) is 33.4 Å².